The van der Waals surface area contributed by atoms with E-state index in [-0.39, 0.29) is 5.41 Å². The summed E-state index contributed by atoms with van der Waals surface area (Å²) in [6.45, 7) is 1.53. The van der Waals surface area contributed by atoms with Gasteiger partial charge in [-0.2, -0.15) is 0 Å². The van der Waals surface area contributed by atoms with Crippen molar-refractivity contribution < 1.29 is 9.47 Å². The lowest BCUT2D eigenvalue weighted by atomic mass is 9.83. The van der Waals surface area contributed by atoms with Crippen molar-refractivity contribution >= 4 is 10.9 Å². The minimum atomic E-state index is 0.0298. The van der Waals surface area contributed by atoms with Crippen LogP contribution in [-0.4, -0.2) is 11.7 Å². The Morgan fingerprint density at radius 3 is 2.06 bits per heavy atom. The zero-order valence-corrected chi connectivity index (χ0v) is 19.7. The fourth-order valence-electron chi connectivity index (χ4n) is 6.54. The van der Waals surface area contributed by atoms with E-state index >= 15 is 0 Å². The van der Waals surface area contributed by atoms with E-state index in [1.807, 2.05) is 24.3 Å². The van der Waals surface area contributed by atoms with Crippen molar-refractivity contribution in [1.82, 2.24) is 4.57 Å². The molecule has 0 saturated heterocycles. The van der Waals surface area contributed by atoms with Gasteiger partial charge in [-0.25, -0.2) is 0 Å². The largest absolute Gasteiger partial charge is 0.493 e. The molecular formula is C32H27NO2. The van der Waals surface area contributed by atoms with Gasteiger partial charge < -0.3 is 14.0 Å². The van der Waals surface area contributed by atoms with Gasteiger partial charge in [0.25, 0.3) is 0 Å². The molecule has 0 amide bonds. The maximum Gasteiger partial charge on any atom is 0.171 e. The van der Waals surface area contributed by atoms with Crippen LogP contribution in [0.3, 0.4) is 0 Å². The van der Waals surface area contributed by atoms with E-state index in [9.17, 15) is 0 Å². The van der Waals surface area contributed by atoms with Gasteiger partial charge in [0.15, 0.2) is 11.5 Å². The highest BCUT2D eigenvalue weighted by Crippen LogP contribution is 2.73. The van der Waals surface area contributed by atoms with Gasteiger partial charge in [-0.15, -0.1) is 0 Å². The molecule has 3 nitrogen and oxygen atoms in total. The standard InChI is InChI=1S/C32H27NO2/c1-34-29-18-17-27-25(31(29)35-21-22-11-5-2-6-12-22)19-28-30-26(20-33(27)28)32(30,23-13-7-3-8-14-23)24-15-9-4-10-16-24/h2-19,26,30H,20-21H2,1H3. The fraction of sp³-hybridized carbons (Fsp3) is 0.188. The highest BCUT2D eigenvalue weighted by Gasteiger charge is 2.70. The van der Waals surface area contributed by atoms with Crippen LogP contribution >= 0.6 is 0 Å². The fourth-order valence-corrected chi connectivity index (χ4v) is 6.54. The molecule has 0 spiro atoms. The van der Waals surface area contributed by atoms with Gasteiger partial charge in [0.05, 0.1) is 12.6 Å². The molecule has 172 valence electrons. The maximum absolute atomic E-state index is 6.40. The number of methoxy groups -OCH3 is 1. The van der Waals surface area contributed by atoms with E-state index < -0.39 is 0 Å². The molecule has 5 aromatic rings. The minimum absolute atomic E-state index is 0.0298. The Morgan fingerprint density at radius 2 is 1.43 bits per heavy atom. The predicted molar refractivity (Wildman–Crippen MR) is 139 cm³/mol. The third-order valence-corrected chi connectivity index (χ3v) is 8.05. The quantitative estimate of drug-likeness (QED) is 0.276. The van der Waals surface area contributed by atoms with Gasteiger partial charge in [0.1, 0.15) is 6.61 Å². The Hall–Kier alpha value is -3.98. The number of fused-ring (bicyclic) bond motifs is 5. The van der Waals surface area contributed by atoms with E-state index in [1.165, 1.54) is 22.3 Å². The molecule has 0 bridgehead atoms. The number of hydrogen-bond donors (Lipinski definition) is 0. The van der Waals surface area contributed by atoms with Crippen LogP contribution < -0.4 is 9.47 Å². The van der Waals surface area contributed by atoms with Crippen molar-refractivity contribution in [2.24, 2.45) is 5.92 Å². The van der Waals surface area contributed by atoms with Gasteiger partial charge in [-0.3, -0.25) is 0 Å². The summed E-state index contributed by atoms with van der Waals surface area (Å²) in [6.07, 6.45) is 0. The summed E-state index contributed by atoms with van der Waals surface area (Å²) < 4.78 is 14.6. The van der Waals surface area contributed by atoms with Crippen molar-refractivity contribution in [3.05, 3.63) is 132 Å². The van der Waals surface area contributed by atoms with Crippen molar-refractivity contribution in [2.75, 3.05) is 7.11 Å². The molecule has 2 aliphatic rings. The van der Waals surface area contributed by atoms with Crippen LogP contribution in [0.25, 0.3) is 10.9 Å². The molecule has 4 aromatic carbocycles. The predicted octanol–water partition coefficient (Wildman–Crippen LogP) is 6.94. The molecule has 2 heterocycles. The summed E-state index contributed by atoms with van der Waals surface area (Å²) in [5.41, 5.74) is 6.63. The molecule has 0 N–H and O–H groups in total. The van der Waals surface area contributed by atoms with Crippen LogP contribution in [0, 0.1) is 5.92 Å². The summed E-state index contributed by atoms with van der Waals surface area (Å²) in [5, 5.41) is 1.13. The molecule has 0 radical (unpaired) electrons. The molecule has 1 aliphatic heterocycles. The van der Waals surface area contributed by atoms with Gasteiger partial charge in [-0.05, 0) is 34.9 Å². The molecule has 7 rings (SSSR count). The molecule has 1 aromatic heterocycles. The minimum Gasteiger partial charge on any atom is -0.493 e. The van der Waals surface area contributed by atoms with Crippen LogP contribution in [0.15, 0.2) is 109 Å². The van der Waals surface area contributed by atoms with E-state index in [0.717, 1.165) is 29.0 Å². The molecule has 1 fully saturated rings. The first-order chi connectivity index (χ1) is 17.3. The average Bonchev–Trinajstić information content (AvgIpc) is 3.20. The number of ether oxygens (including phenoxy) is 2. The summed E-state index contributed by atoms with van der Waals surface area (Å²) in [6, 6.07) is 39.0. The SMILES string of the molecule is COc1ccc2c(cc3n2CC2C3C2(c2ccccc2)c2ccccc2)c1OCc1ccccc1. The van der Waals surface area contributed by atoms with Crippen LogP contribution in [0.5, 0.6) is 11.5 Å². The number of rotatable bonds is 6. The van der Waals surface area contributed by atoms with Gasteiger partial charge in [-0.1, -0.05) is 91.0 Å². The third kappa shape index (κ3) is 2.91. The molecule has 3 heteroatoms. The van der Waals surface area contributed by atoms with E-state index in [1.54, 1.807) is 7.11 Å². The van der Waals surface area contributed by atoms with E-state index in [0.29, 0.717) is 18.4 Å². The van der Waals surface area contributed by atoms with Crippen molar-refractivity contribution in [3.63, 3.8) is 0 Å². The first kappa shape index (κ1) is 20.4. The number of hydrogen-bond acceptors (Lipinski definition) is 2. The Bertz CT molecular complexity index is 1470. The molecule has 2 unspecified atom stereocenters. The first-order valence-electron chi connectivity index (χ1n) is 12.3. The number of aromatic nitrogens is 1. The zero-order valence-electron chi connectivity index (χ0n) is 19.7. The summed E-state index contributed by atoms with van der Waals surface area (Å²) >= 11 is 0. The summed E-state index contributed by atoms with van der Waals surface area (Å²) in [5.74, 6) is 2.62. The van der Waals surface area contributed by atoms with Crippen LogP contribution in [0.4, 0.5) is 0 Å². The molecule has 2 atom stereocenters. The maximum atomic E-state index is 6.40. The summed E-state index contributed by atoms with van der Waals surface area (Å²) in [7, 11) is 1.72. The Kier molecular flexibility index (Phi) is 4.53. The normalized spacial score (nSPS) is 19.2. The van der Waals surface area contributed by atoms with Crippen molar-refractivity contribution in [1.29, 1.82) is 0 Å². The van der Waals surface area contributed by atoms with Crippen LogP contribution in [0.2, 0.25) is 0 Å². The molecule has 1 aliphatic carbocycles. The number of benzene rings is 4. The Morgan fingerprint density at radius 1 is 0.800 bits per heavy atom. The summed E-state index contributed by atoms with van der Waals surface area (Å²) in [4.78, 5) is 0. The first-order valence-corrected chi connectivity index (χ1v) is 12.3. The Balaban J connectivity index is 1.34. The highest BCUT2D eigenvalue weighted by atomic mass is 16.5. The average molecular weight is 458 g/mol. The molecular weight excluding hydrogens is 430 g/mol. The highest BCUT2D eigenvalue weighted by molar-refractivity contribution is 5.91. The third-order valence-electron chi connectivity index (χ3n) is 8.05. The van der Waals surface area contributed by atoms with Crippen molar-refractivity contribution in [3.8, 4) is 11.5 Å². The number of nitrogens with zero attached hydrogens (tertiary/aromatic N) is 1. The molecule has 1 saturated carbocycles. The van der Waals surface area contributed by atoms with Crippen molar-refractivity contribution in [2.45, 2.75) is 24.5 Å². The monoisotopic (exact) mass is 457 g/mol. The van der Waals surface area contributed by atoms with Gasteiger partial charge in [0.2, 0.25) is 0 Å². The van der Waals surface area contributed by atoms with Gasteiger partial charge >= 0.3 is 0 Å². The zero-order chi connectivity index (χ0) is 23.4. The Labute approximate surface area is 205 Å². The van der Waals surface area contributed by atoms with Crippen LogP contribution in [0.1, 0.15) is 28.3 Å². The van der Waals surface area contributed by atoms with E-state index in [4.69, 9.17) is 9.47 Å². The smallest absolute Gasteiger partial charge is 0.171 e. The lowest BCUT2D eigenvalue weighted by Crippen LogP contribution is -2.19. The van der Waals surface area contributed by atoms with Gasteiger partial charge in [0, 0.05) is 34.9 Å². The lowest BCUT2D eigenvalue weighted by Gasteiger charge is -2.23. The topological polar surface area (TPSA) is 23.4 Å². The lowest BCUT2D eigenvalue weighted by molar-refractivity contribution is 0.288. The molecule has 35 heavy (non-hydrogen) atoms. The second-order valence-corrected chi connectivity index (χ2v) is 9.67. The van der Waals surface area contributed by atoms with E-state index in [2.05, 4.69) is 89.5 Å². The second kappa shape index (κ2) is 7.78. The second-order valence-electron chi connectivity index (χ2n) is 9.67. The van der Waals surface area contributed by atoms with Crippen LogP contribution in [-0.2, 0) is 18.6 Å².